The Labute approximate surface area is 170 Å². The number of nitrogens with one attached hydrogen (secondary N) is 1. The summed E-state index contributed by atoms with van der Waals surface area (Å²) in [5.74, 6) is -1.04. The Morgan fingerprint density at radius 1 is 1.00 bits per heavy atom. The second-order valence-corrected chi connectivity index (χ2v) is 6.86. The lowest BCUT2D eigenvalue weighted by Crippen LogP contribution is -2.55. The van der Waals surface area contributed by atoms with Crippen molar-refractivity contribution in [3.63, 3.8) is 0 Å². The first-order valence-electron chi connectivity index (χ1n) is 9.64. The zero-order valence-corrected chi connectivity index (χ0v) is 16.7. The van der Waals surface area contributed by atoms with E-state index in [9.17, 15) is 14.4 Å². The highest BCUT2D eigenvalue weighted by Gasteiger charge is 2.33. The van der Waals surface area contributed by atoms with Crippen LogP contribution in [-0.4, -0.2) is 53.8 Å². The van der Waals surface area contributed by atoms with Crippen molar-refractivity contribution in [3.05, 3.63) is 59.7 Å². The number of anilines is 1. The number of amides is 3. The van der Waals surface area contributed by atoms with Gasteiger partial charge in [-0.2, -0.15) is 0 Å². The normalized spacial score (nSPS) is 14.1. The monoisotopic (exact) mass is 395 g/mol. The Balaban J connectivity index is 1.59. The average molecular weight is 395 g/mol. The van der Waals surface area contributed by atoms with Gasteiger partial charge in [-0.05, 0) is 37.1 Å². The summed E-state index contributed by atoms with van der Waals surface area (Å²) in [5, 5.41) is 2.75. The van der Waals surface area contributed by atoms with E-state index in [0.717, 1.165) is 11.1 Å². The van der Waals surface area contributed by atoms with Gasteiger partial charge in [0.2, 0.25) is 5.91 Å². The highest BCUT2D eigenvalue weighted by atomic mass is 16.5. The van der Waals surface area contributed by atoms with Gasteiger partial charge in [-0.15, -0.1) is 0 Å². The lowest BCUT2D eigenvalue weighted by atomic mass is 10.1. The molecule has 0 atom stereocenters. The molecular weight excluding hydrogens is 370 g/mol. The lowest BCUT2D eigenvalue weighted by molar-refractivity contribution is -0.157. The van der Waals surface area contributed by atoms with Gasteiger partial charge in [0.15, 0.2) is 0 Å². The molecule has 1 N–H and O–H groups in total. The maximum atomic E-state index is 12.5. The topological polar surface area (TPSA) is 79.0 Å². The van der Waals surface area contributed by atoms with Gasteiger partial charge >= 0.3 is 11.8 Å². The summed E-state index contributed by atoms with van der Waals surface area (Å²) >= 11 is 0. The minimum Gasteiger partial charge on any atom is -0.492 e. The molecule has 2 aromatic rings. The van der Waals surface area contributed by atoms with Crippen LogP contribution in [0.4, 0.5) is 5.69 Å². The van der Waals surface area contributed by atoms with Crippen LogP contribution in [-0.2, 0) is 20.9 Å². The summed E-state index contributed by atoms with van der Waals surface area (Å²) in [5.41, 5.74) is 2.62. The van der Waals surface area contributed by atoms with Crippen LogP contribution in [0.3, 0.4) is 0 Å². The molecule has 0 spiro atoms. The van der Waals surface area contributed by atoms with Gasteiger partial charge in [-0.3, -0.25) is 14.4 Å². The molecule has 2 aromatic carbocycles. The lowest BCUT2D eigenvalue weighted by Gasteiger charge is -2.33. The van der Waals surface area contributed by atoms with Crippen LogP contribution < -0.4 is 10.1 Å². The maximum Gasteiger partial charge on any atom is 0.312 e. The smallest absolute Gasteiger partial charge is 0.312 e. The third-order valence-corrected chi connectivity index (χ3v) is 4.82. The summed E-state index contributed by atoms with van der Waals surface area (Å²) in [6.07, 6.45) is 0. The predicted octanol–water partition coefficient (Wildman–Crippen LogP) is 2.20. The first-order chi connectivity index (χ1) is 14.0. The zero-order valence-electron chi connectivity index (χ0n) is 16.7. The maximum absolute atomic E-state index is 12.5. The van der Waals surface area contributed by atoms with E-state index < -0.39 is 11.8 Å². The standard InChI is InChI=1S/C22H25N3O4/c1-3-29-19-11-7-6-10-18(19)23-20(26)15-25-13-12-24(21(27)22(25)28)14-17-9-5-4-8-16(17)2/h4-11H,3,12-15H2,1-2H3,(H,23,26). The molecule has 0 saturated carbocycles. The minimum atomic E-state index is -0.655. The molecule has 1 fully saturated rings. The Kier molecular flexibility index (Phi) is 6.49. The van der Waals surface area contributed by atoms with Crippen molar-refractivity contribution >= 4 is 23.4 Å². The molecular formula is C22H25N3O4. The minimum absolute atomic E-state index is 0.177. The van der Waals surface area contributed by atoms with E-state index in [1.54, 1.807) is 18.2 Å². The zero-order chi connectivity index (χ0) is 20.8. The molecule has 0 aromatic heterocycles. The van der Waals surface area contributed by atoms with Crippen molar-refractivity contribution in [2.45, 2.75) is 20.4 Å². The second-order valence-electron chi connectivity index (χ2n) is 6.86. The summed E-state index contributed by atoms with van der Waals surface area (Å²) in [4.78, 5) is 40.3. The molecule has 0 bridgehead atoms. The van der Waals surface area contributed by atoms with E-state index in [0.29, 0.717) is 37.7 Å². The quantitative estimate of drug-likeness (QED) is 0.729. The number of aryl methyl sites for hydroxylation is 1. The van der Waals surface area contributed by atoms with Gasteiger partial charge in [0.05, 0.1) is 12.3 Å². The van der Waals surface area contributed by atoms with E-state index in [4.69, 9.17) is 4.74 Å². The van der Waals surface area contributed by atoms with E-state index >= 15 is 0 Å². The molecule has 1 aliphatic heterocycles. The molecule has 1 heterocycles. The van der Waals surface area contributed by atoms with Gasteiger partial charge in [0, 0.05) is 19.6 Å². The molecule has 7 heteroatoms. The number of piperazine rings is 1. The van der Waals surface area contributed by atoms with Crippen molar-refractivity contribution in [1.82, 2.24) is 9.80 Å². The van der Waals surface area contributed by atoms with Crippen LogP contribution in [0.25, 0.3) is 0 Å². The molecule has 0 unspecified atom stereocenters. The van der Waals surface area contributed by atoms with Crippen LogP contribution in [0.15, 0.2) is 48.5 Å². The van der Waals surface area contributed by atoms with Crippen molar-refractivity contribution < 1.29 is 19.1 Å². The number of rotatable bonds is 7. The first-order valence-corrected chi connectivity index (χ1v) is 9.64. The van der Waals surface area contributed by atoms with Gasteiger partial charge in [-0.25, -0.2) is 0 Å². The second kappa shape index (κ2) is 9.23. The van der Waals surface area contributed by atoms with Crippen LogP contribution in [0.2, 0.25) is 0 Å². The Morgan fingerprint density at radius 3 is 2.41 bits per heavy atom. The number of hydrogen-bond acceptors (Lipinski definition) is 4. The number of benzene rings is 2. The van der Waals surface area contributed by atoms with Crippen molar-refractivity contribution in [1.29, 1.82) is 0 Å². The van der Waals surface area contributed by atoms with Crippen LogP contribution in [0.1, 0.15) is 18.1 Å². The number of ether oxygens (including phenoxy) is 1. The number of hydrogen-bond donors (Lipinski definition) is 1. The van der Waals surface area contributed by atoms with E-state index in [2.05, 4.69) is 5.32 Å². The summed E-state index contributed by atoms with van der Waals surface area (Å²) in [6, 6.07) is 14.9. The van der Waals surface area contributed by atoms with Crippen molar-refractivity contribution in [3.8, 4) is 5.75 Å². The van der Waals surface area contributed by atoms with Crippen LogP contribution >= 0.6 is 0 Å². The van der Waals surface area contributed by atoms with E-state index in [-0.39, 0.29) is 12.5 Å². The van der Waals surface area contributed by atoms with Crippen molar-refractivity contribution in [2.75, 3.05) is 31.6 Å². The SMILES string of the molecule is CCOc1ccccc1NC(=O)CN1CCN(Cc2ccccc2C)C(=O)C1=O. The number of carbonyl (C=O) groups is 3. The third-order valence-electron chi connectivity index (χ3n) is 4.82. The molecule has 152 valence electrons. The summed E-state index contributed by atoms with van der Waals surface area (Å²) in [6.45, 7) is 5.23. The van der Waals surface area contributed by atoms with E-state index in [1.165, 1.54) is 9.80 Å². The van der Waals surface area contributed by atoms with Gasteiger partial charge in [-0.1, -0.05) is 36.4 Å². The number of para-hydroxylation sites is 2. The largest absolute Gasteiger partial charge is 0.492 e. The van der Waals surface area contributed by atoms with Crippen LogP contribution in [0, 0.1) is 6.92 Å². The fourth-order valence-electron chi connectivity index (χ4n) is 3.22. The number of nitrogens with zero attached hydrogens (tertiary/aromatic N) is 2. The van der Waals surface area contributed by atoms with Gasteiger partial charge in [0.1, 0.15) is 12.3 Å². The Hall–Kier alpha value is -3.35. The predicted molar refractivity (Wildman–Crippen MR) is 109 cm³/mol. The molecule has 7 nitrogen and oxygen atoms in total. The molecule has 0 aliphatic carbocycles. The van der Waals surface area contributed by atoms with Gasteiger partial charge in [0.25, 0.3) is 0 Å². The summed E-state index contributed by atoms with van der Waals surface area (Å²) in [7, 11) is 0. The highest BCUT2D eigenvalue weighted by molar-refractivity contribution is 6.35. The molecule has 0 radical (unpaired) electrons. The molecule has 3 rings (SSSR count). The summed E-state index contributed by atoms with van der Waals surface area (Å²) < 4.78 is 5.49. The first kappa shape index (κ1) is 20.4. The van der Waals surface area contributed by atoms with Crippen molar-refractivity contribution in [2.24, 2.45) is 0 Å². The fourth-order valence-corrected chi connectivity index (χ4v) is 3.22. The molecule has 29 heavy (non-hydrogen) atoms. The highest BCUT2D eigenvalue weighted by Crippen LogP contribution is 2.23. The molecule has 3 amide bonds. The number of carbonyl (C=O) groups excluding carboxylic acids is 3. The van der Waals surface area contributed by atoms with Crippen LogP contribution in [0.5, 0.6) is 5.75 Å². The van der Waals surface area contributed by atoms with Gasteiger partial charge < -0.3 is 19.9 Å². The Bertz CT molecular complexity index is 912. The average Bonchev–Trinajstić information content (AvgIpc) is 2.71. The Morgan fingerprint density at radius 2 is 1.66 bits per heavy atom. The fraction of sp³-hybridized carbons (Fsp3) is 0.318. The van der Waals surface area contributed by atoms with E-state index in [1.807, 2.05) is 44.2 Å². The molecule has 1 saturated heterocycles. The molecule has 1 aliphatic rings. The third kappa shape index (κ3) is 4.93.